The van der Waals surface area contributed by atoms with E-state index in [4.69, 9.17) is 0 Å². The minimum atomic E-state index is -0.285. The van der Waals surface area contributed by atoms with Crippen LogP contribution in [0.15, 0.2) is 6.20 Å². The summed E-state index contributed by atoms with van der Waals surface area (Å²) in [5.74, 6) is -0.423. The number of carbonyl (C=O) groups excluding carboxylic acids is 2. The second-order valence-electron chi connectivity index (χ2n) is 4.26. The van der Waals surface area contributed by atoms with E-state index in [9.17, 15) is 9.59 Å². The van der Waals surface area contributed by atoms with Crippen molar-refractivity contribution in [1.29, 1.82) is 0 Å². The fourth-order valence-electron chi connectivity index (χ4n) is 1.84. The number of hydrogen-bond donors (Lipinski definition) is 2. The zero-order valence-electron chi connectivity index (χ0n) is 9.99. The van der Waals surface area contributed by atoms with Gasteiger partial charge < -0.3 is 5.32 Å². The van der Waals surface area contributed by atoms with Crippen LogP contribution < -0.4 is 10.6 Å². The highest BCUT2D eigenvalue weighted by Gasteiger charge is 2.25. The lowest BCUT2D eigenvalue weighted by molar-refractivity contribution is -0.134. The largest absolute Gasteiger partial charge is 0.302 e. The monoisotopic (exact) mass is 236 g/mol. The molecule has 92 valence electrons. The first-order chi connectivity index (χ1) is 8.08. The van der Waals surface area contributed by atoms with Crippen molar-refractivity contribution in [3.63, 3.8) is 0 Å². The average Bonchev–Trinajstić information content (AvgIpc) is 2.59. The molecule has 0 spiro atoms. The van der Waals surface area contributed by atoms with Crippen molar-refractivity contribution in [3.05, 3.63) is 17.5 Å². The Morgan fingerprint density at radius 2 is 2.35 bits per heavy atom. The van der Waals surface area contributed by atoms with Gasteiger partial charge in [0.15, 0.2) is 0 Å². The molecule has 1 fully saturated rings. The van der Waals surface area contributed by atoms with Crippen LogP contribution in [-0.2, 0) is 23.2 Å². The molecular weight excluding hydrogens is 220 g/mol. The van der Waals surface area contributed by atoms with Crippen LogP contribution in [0, 0.1) is 6.92 Å². The van der Waals surface area contributed by atoms with Gasteiger partial charge in [-0.05, 0) is 13.3 Å². The Labute approximate surface area is 99.4 Å². The number of piperidine rings is 1. The number of carbonyl (C=O) groups is 2. The van der Waals surface area contributed by atoms with Crippen LogP contribution in [0.5, 0.6) is 0 Å². The van der Waals surface area contributed by atoms with Crippen LogP contribution in [-0.4, -0.2) is 27.6 Å². The lowest BCUT2D eigenvalue weighted by Gasteiger charge is -2.21. The smallest absolute Gasteiger partial charge is 0.243 e. The quantitative estimate of drug-likeness (QED) is 0.702. The summed E-state index contributed by atoms with van der Waals surface area (Å²) >= 11 is 0. The van der Waals surface area contributed by atoms with Crippen LogP contribution in [0.3, 0.4) is 0 Å². The molecule has 0 aliphatic carbocycles. The summed E-state index contributed by atoms with van der Waals surface area (Å²) in [7, 11) is 1.88. The molecular formula is C11H16N4O2. The first-order valence-corrected chi connectivity index (χ1v) is 5.62. The molecule has 2 N–H and O–H groups in total. The summed E-state index contributed by atoms with van der Waals surface area (Å²) in [5, 5.41) is 9.60. The topological polar surface area (TPSA) is 76.0 Å². The number of imide groups is 1. The van der Waals surface area contributed by atoms with Crippen LogP contribution in [0.4, 0.5) is 0 Å². The van der Waals surface area contributed by atoms with Gasteiger partial charge in [-0.2, -0.15) is 5.10 Å². The number of hydrogen-bond acceptors (Lipinski definition) is 4. The molecule has 0 saturated carbocycles. The van der Waals surface area contributed by atoms with E-state index in [2.05, 4.69) is 15.7 Å². The fourth-order valence-corrected chi connectivity index (χ4v) is 1.84. The summed E-state index contributed by atoms with van der Waals surface area (Å²) in [6, 6.07) is -0.285. The van der Waals surface area contributed by atoms with E-state index in [0.29, 0.717) is 19.4 Å². The lowest BCUT2D eigenvalue weighted by Crippen LogP contribution is -2.50. The van der Waals surface area contributed by atoms with Gasteiger partial charge in [0.25, 0.3) is 0 Å². The number of aromatic nitrogens is 2. The first-order valence-electron chi connectivity index (χ1n) is 5.62. The summed E-state index contributed by atoms with van der Waals surface area (Å²) in [6.07, 6.45) is 2.74. The summed E-state index contributed by atoms with van der Waals surface area (Å²) in [4.78, 5) is 22.5. The summed E-state index contributed by atoms with van der Waals surface area (Å²) < 4.78 is 1.79. The molecule has 1 aliphatic rings. The van der Waals surface area contributed by atoms with E-state index >= 15 is 0 Å². The fraction of sp³-hybridized carbons (Fsp3) is 0.545. The SMILES string of the molecule is Cc1c(CNC2CCC(=O)NC2=O)cnn1C. The predicted octanol–water partition coefficient (Wildman–Crippen LogP) is -0.377. The Balaban J connectivity index is 1.92. The van der Waals surface area contributed by atoms with Crippen LogP contribution >= 0.6 is 0 Å². The Kier molecular flexibility index (Phi) is 3.23. The van der Waals surface area contributed by atoms with Gasteiger partial charge in [0.05, 0.1) is 12.2 Å². The minimum absolute atomic E-state index is 0.189. The van der Waals surface area contributed by atoms with Gasteiger partial charge in [0.2, 0.25) is 11.8 Å². The number of aryl methyl sites for hydroxylation is 1. The van der Waals surface area contributed by atoms with Crippen LogP contribution in [0.2, 0.25) is 0 Å². The molecule has 17 heavy (non-hydrogen) atoms. The van der Waals surface area contributed by atoms with Gasteiger partial charge >= 0.3 is 0 Å². The molecule has 6 heteroatoms. The Morgan fingerprint density at radius 1 is 1.59 bits per heavy atom. The maximum absolute atomic E-state index is 11.5. The number of rotatable bonds is 3. The maximum Gasteiger partial charge on any atom is 0.243 e. The van der Waals surface area contributed by atoms with E-state index in [1.165, 1.54) is 0 Å². The molecule has 0 bridgehead atoms. The molecule has 2 heterocycles. The molecule has 1 unspecified atom stereocenters. The second kappa shape index (κ2) is 4.67. The number of amides is 2. The third kappa shape index (κ3) is 2.52. The predicted molar refractivity (Wildman–Crippen MR) is 61.0 cm³/mol. The van der Waals surface area contributed by atoms with E-state index in [1.54, 1.807) is 10.9 Å². The lowest BCUT2D eigenvalue weighted by atomic mass is 10.1. The second-order valence-corrected chi connectivity index (χ2v) is 4.26. The van der Waals surface area contributed by atoms with E-state index in [-0.39, 0.29) is 17.9 Å². The van der Waals surface area contributed by atoms with Crippen LogP contribution in [0.25, 0.3) is 0 Å². The van der Waals surface area contributed by atoms with Gasteiger partial charge in [-0.15, -0.1) is 0 Å². The number of nitrogens with zero attached hydrogens (tertiary/aromatic N) is 2. The molecule has 2 amide bonds. The standard InChI is InChI=1S/C11H16N4O2/c1-7-8(6-13-15(7)2)5-12-9-3-4-10(16)14-11(9)17/h6,9,12H,3-5H2,1-2H3,(H,14,16,17). The van der Waals surface area contributed by atoms with Gasteiger partial charge in [-0.3, -0.25) is 19.6 Å². The molecule has 1 aliphatic heterocycles. The maximum atomic E-state index is 11.5. The highest BCUT2D eigenvalue weighted by Crippen LogP contribution is 2.08. The normalized spacial score (nSPS) is 20.5. The van der Waals surface area contributed by atoms with Crippen molar-refractivity contribution >= 4 is 11.8 Å². The van der Waals surface area contributed by atoms with Crippen LogP contribution in [0.1, 0.15) is 24.1 Å². The molecule has 1 saturated heterocycles. The van der Waals surface area contributed by atoms with Crippen molar-refractivity contribution in [1.82, 2.24) is 20.4 Å². The van der Waals surface area contributed by atoms with Gasteiger partial charge in [0.1, 0.15) is 0 Å². The first kappa shape index (κ1) is 11.8. The molecule has 1 aromatic rings. The molecule has 0 radical (unpaired) electrons. The summed E-state index contributed by atoms with van der Waals surface area (Å²) in [6.45, 7) is 2.57. The van der Waals surface area contributed by atoms with Gasteiger partial charge in [-0.1, -0.05) is 0 Å². The summed E-state index contributed by atoms with van der Waals surface area (Å²) in [5.41, 5.74) is 2.14. The zero-order chi connectivity index (χ0) is 12.4. The molecule has 1 atom stereocenters. The molecule has 6 nitrogen and oxygen atoms in total. The van der Waals surface area contributed by atoms with E-state index < -0.39 is 0 Å². The Hall–Kier alpha value is -1.69. The van der Waals surface area contributed by atoms with Gasteiger partial charge in [-0.25, -0.2) is 0 Å². The Bertz CT molecular complexity index is 452. The molecule has 1 aromatic heterocycles. The zero-order valence-corrected chi connectivity index (χ0v) is 9.99. The number of nitrogens with one attached hydrogen (secondary N) is 2. The van der Waals surface area contributed by atoms with Crippen molar-refractivity contribution < 1.29 is 9.59 Å². The van der Waals surface area contributed by atoms with Crippen molar-refractivity contribution in [2.45, 2.75) is 32.4 Å². The highest BCUT2D eigenvalue weighted by molar-refractivity contribution is 6.00. The minimum Gasteiger partial charge on any atom is -0.302 e. The van der Waals surface area contributed by atoms with Crippen molar-refractivity contribution in [3.8, 4) is 0 Å². The van der Waals surface area contributed by atoms with Crippen molar-refractivity contribution in [2.75, 3.05) is 0 Å². The van der Waals surface area contributed by atoms with Crippen molar-refractivity contribution in [2.24, 2.45) is 7.05 Å². The van der Waals surface area contributed by atoms with E-state index in [0.717, 1.165) is 11.3 Å². The third-order valence-corrected chi connectivity index (χ3v) is 3.12. The average molecular weight is 236 g/mol. The third-order valence-electron chi connectivity index (χ3n) is 3.12. The Morgan fingerprint density at radius 3 is 2.94 bits per heavy atom. The van der Waals surface area contributed by atoms with Gasteiger partial charge in [0, 0.05) is 31.3 Å². The molecule has 0 aromatic carbocycles. The van der Waals surface area contributed by atoms with E-state index in [1.807, 2.05) is 14.0 Å². The molecule has 2 rings (SSSR count). The highest BCUT2D eigenvalue weighted by atomic mass is 16.2.